The molecule has 1 fully saturated rings. The first-order valence-corrected chi connectivity index (χ1v) is 8.37. The van der Waals surface area contributed by atoms with Gasteiger partial charge in [0.25, 0.3) is 0 Å². The highest BCUT2D eigenvalue weighted by Crippen LogP contribution is 2.19. The van der Waals surface area contributed by atoms with E-state index in [0.29, 0.717) is 17.3 Å². The number of hydrogen-bond donors (Lipinski definition) is 1. The molecule has 25 heavy (non-hydrogen) atoms. The first kappa shape index (κ1) is 15.5. The lowest BCUT2D eigenvalue weighted by Crippen LogP contribution is -2.39. The number of nitrogens with zero attached hydrogens (tertiary/aromatic N) is 6. The number of hydrogen-bond acceptors (Lipinski definition) is 6. The summed E-state index contributed by atoms with van der Waals surface area (Å²) < 4.78 is 1.68. The second-order valence-corrected chi connectivity index (χ2v) is 6.20. The van der Waals surface area contributed by atoms with Crippen LogP contribution in [-0.2, 0) is 4.79 Å². The Bertz CT molecular complexity index is 892. The maximum atomic E-state index is 12.4. The summed E-state index contributed by atoms with van der Waals surface area (Å²) in [6, 6.07) is 7.15. The molecule has 0 unspecified atom stereocenters. The van der Waals surface area contributed by atoms with Gasteiger partial charge in [-0.2, -0.15) is 4.52 Å². The van der Waals surface area contributed by atoms with Crippen LogP contribution in [0.15, 0.2) is 36.7 Å². The Morgan fingerprint density at radius 3 is 2.80 bits per heavy atom. The zero-order valence-electron chi connectivity index (χ0n) is 14.0. The molecule has 1 saturated heterocycles. The van der Waals surface area contributed by atoms with Crippen molar-refractivity contribution in [2.45, 2.75) is 25.3 Å². The van der Waals surface area contributed by atoms with Crippen molar-refractivity contribution in [1.82, 2.24) is 29.7 Å². The number of likely N-dealkylation sites (N-methyl/N-ethyl adjacent to an activating group) is 1. The van der Waals surface area contributed by atoms with Gasteiger partial charge in [0, 0.05) is 31.5 Å². The lowest BCUT2D eigenvalue weighted by Gasteiger charge is -2.21. The maximum Gasteiger partial charge on any atom is 0.244 e. The standard InChI is InChI=1S/C17H19N7O/c1-23-11-3-2-4-13(17(23)25)19-14-5-6-15-20-21-16(24(15)22-14)12-7-9-18-10-8-12/h5-10,13H,2-4,11H2,1H3,(H,19,22)/t13-/m1/s1. The van der Waals surface area contributed by atoms with Crippen LogP contribution < -0.4 is 5.32 Å². The molecule has 0 aliphatic carbocycles. The second kappa shape index (κ2) is 6.46. The summed E-state index contributed by atoms with van der Waals surface area (Å²) in [5, 5.41) is 16.2. The monoisotopic (exact) mass is 337 g/mol. The Labute approximate surface area is 144 Å². The van der Waals surface area contributed by atoms with Crippen LogP contribution in [0.3, 0.4) is 0 Å². The van der Waals surface area contributed by atoms with Gasteiger partial charge in [0.1, 0.15) is 11.9 Å². The molecule has 4 heterocycles. The van der Waals surface area contributed by atoms with Crippen molar-refractivity contribution in [3.05, 3.63) is 36.7 Å². The molecular formula is C17H19N7O. The number of rotatable bonds is 3. The van der Waals surface area contributed by atoms with Gasteiger partial charge in [0.05, 0.1) is 0 Å². The third kappa shape index (κ3) is 3.02. The average Bonchev–Trinajstić information content (AvgIpc) is 3.00. The molecule has 0 saturated carbocycles. The Balaban J connectivity index is 1.66. The topological polar surface area (TPSA) is 88.3 Å². The minimum absolute atomic E-state index is 0.109. The molecule has 0 bridgehead atoms. The van der Waals surface area contributed by atoms with Gasteiger partial charge in [-0.15, -0.1) is 15.3 Å². The predicted octanol–water partition coefficient (Wildman–Crippen LogP) is 1.61. The van der Waals surface area contributed by atoms with Gasteiger partial charge in [0.15, 0.2) is 11.5 Å². The number of nitrogens with one attached hydrogen (secondary N) is 1. The van der Waals surface area contributed by atoms with Crippen molar-refractivity contribution in [2.75, 3.05) is 18.9 Å². The van der Waals surface area contributed by atoms with E-state index in [0.717, 1.165) is 31.4 Å². The van der Waals surface area contributed by atoms with E-state index in [1.54, 1.807) is 21.8 Å². The summed E-state index contributed by atoms with van der Waals surface area (Å²) in [6.45, 7) is 0.807. The van der Waals surface area contributed by atoms with E-state index in [9.17, 15) is 4.79 Å². The number of aromatic nitrogens is 5. The van der Waals surface area contributed by atoms with Crippen molar-refractivity contribution in [3.63, 3.8) is 0 Å². The van der Waals surface area contributed by atoms with Crippen LogP contribution in [0.1, 0.15) is 19.3 Å². The molecule has 1 N–H and O–H groups in total. The van der Waals surface area contributed by atoms with Crippen molar-refractivity contribution in [3.8, 4) is 11.4 Å². The van der Waals surface area contributed by atoms with Crippen molar-refractivity contribution in [1.29, 1.82) is 0 Å². The first-order chi connectivity index (χ1) is 12.2. The SMILES string of the molecule is CN1CCCC[C@@H](Nc2ccc3nnc(-c4ccncc4)n3n2)C1=O. The second-order valence-electron chi connectivity index (χ2n) is 6.20. The quantitative estimate of drug-likeness (QED) is 0.781. The van der Waals surface area contributed by atoms with Crippen LogP contribution >= 0.6 is 0 Å². The van der Waals surface area contributed by atoms with Crippen molar-refractivity contribution in [2.24, 2.45) is 0 Å². The lowest BCUT2D eigenvalue weighted by molar-refractivity contribution is -0.130. The Morgan fingerprint density at radius 2 is 1.96 bits per heavy atom. The van der Waals surface area contributed by atoms with Crippen LogP contribution in [0.25, 0.3) is 17.0 Å². The molecule has 4 rings (SSSR count). The summed E-state index contributed by atoms with van der Waals surface area (Å²) in [5.41, 5.74) is 1.54. The maximum absolute atomic E-state index is 12.4. The molecule has 3 aromatic heterocycles. The van der Waals surface area contributed by atoms with Gasteiger partial charge in [-0.1, -0.05) is 0 Å². The largest absolute Gasteiger partial charge is 0.357 e. The number of pyridine rings is 1. The molecule has 1 amide bonds. The molecule has 8 heteroatoms. The molecule has 0 aromatic carbocycles. The normalized spacial score (nSPS) is 18.4. The number of likely N-dealkylation sites (tertiary alicyclic amines) is 1. The van der Waals surface area contributed by atoms with E-state index in [2.05, 4.69) is 25.6 Å². The molecule has 128 valence electrons. The summed E-state index contributed by atoms with van der Waals surface area (Å²) in [4.78, 5) is 18.3. The zero-order valence-corrected chi connectivity index (χ0v) is 14.0. The fourth-order valence-corrected chi connectivity index (χ4v) is 3.06. The smallest absolute Gasteiger partial charge is 0.244 e. The Kier molecular flexibility index (Phi) is 4.01. The van der Waals surface area contributed by atoms with E-state index < -0.39 is 0 Å². The fourth-order valence-electron chi connectivity index (χ4n) is 3.06. The Morgan fingerprint density at radius 1 is 1.12 bits per heavy atom. The van der Waals surface area contributed by atoms with E-state index in [1.807, 2.05) is 31.3 Å². The minimum atomic E-state index is -0.252. The third-order valence-corrected chi connectivity index (χ3v) is 4.43. The summed E-state index contributed by atoms with van der Waals surface area (Å²) in [5.74, 6) is 1.39. The number of fused-ring (bicyclic) bond motifs is 1. The van der Waals surface area contributed by atoms with Crippen LogP contribution in [0.4, 0.5) is 5.82 Å². The van der Waals surface area contributed by atoms with Crippen LogP contribution in [0.5, 0.6) is 0 Å². The number of carbonyl (C=O) groups excluding carboxylic acids is 1. The summed E-state index contributed by atoms with van der Waals surface area (Å²) in [7, 11) is 1.85. The highest BCUT2D eigenvalue weighted by molar-refractivity contribution is 5.84. The van der Waals surface area contributed by atoms with Gasteiger partial charge in [-0.05, 0) is 43.5 Å². The van der Waals surface area contributed by atoms with E-state index in [1.165, 1.54) is 0 Å². The molecule has 0 spiro atoms. The lowest BCUT2D eigenvalue weighted by atomic mass is 10.1. The van der Waals surface area contributed by atoms with E-state index >= 15 is 0 Å². The third-order valence-electron chi connectivity index (χ3n) is 4.43. The van der Waals surface area contributed by atoms with Crippen LogP contribution in [0.2, 0.25) is 0 Å². The highest BCUT2D eigenvalue weighted by atomic mass is 16.2. The van der Waals surface area contributed by atoms with Gasteiger partial charge >= 0.3 is 0 Å². The Hall–Kier alpha value is -3.03. The molecule has 8 nitrogen and oxygen atoms in total. The fraction of sp³-hybridized carbons (Fsp3) is 0.353. The predicted molar refractivity (Wildman–Crippen MR) is 92.9 cm³/mol. The molecule has 0 radical (unpaired) electrons. The highest BCUT2D eigenvalue weighted by Gasteiger charge is 2.25. The number of anilines is 1. The minimum Gasteiger partial charge on any atom is -0.357 e. The summed E-state index contributed by atoms with van der Waals surface area (Å²) >= 11 is 0. The van der Waals surface area contributed by atoms with Gasteiger partial charge in [-0.3, -0.25) is 9.78 Å². The molecule has 3 aromatic rings. The van der Waals surface area contributed by atoms with Crippen molar-refractivity contribution >= 4 is 17.4 Å². The first-order valence-electron chi connectivity index (χ1n) is 8.37. The zero-order chi connectivity index (χ0) is 17.2. The molecular weight excluding hydrogens is 318 g/mol. The van der Waals surface area contributed by atoms with Crippen LogP contribution in [-0.4, -0.2) is 55.2 Å². The number of amides is 1. The van der Waals surface area contributed by atoms with Crippen LogP contribution in [0, 0.1) is 0 Å². The molecule has 1 aliphatic heterocycles. The van der Waals surface area contributed by atoms with Gasteiger partial charge < -0.3 is 10.2 Å². The van der Waals surface area contributed by atoms with E-state index in [-0.39, 0.29) is 11.9 Å². The van der Waals surface area contributed by atoms with Crippen molar-refractivity contribution < 1.29 is 4.79 Å². The van der Waals surface area contributed by atoms with Gasteiger partial charge in [0.2, 0.25) is 5.91 Å². The van der Waals surface area contributed by atoms with Gasteiger partial charge in [-0.25, -0.2) is 0 Å². The number of carbonyl (C=O) groups is 1. The molecule has 1 atom stereocenters. The summed E-state index contributed by atoms with van der Waals surface area (Å²) in [6.07, 6.45) is 6.27. The molecule has 1 aliphatic rings. The van der Waals surface area contributed by atoms with E-state index in [4.69, 9.17) is 0 Å². The average molecular weight is 337 g/mol.